The van der Waals surface area contributed by atoms with Crippen molar-refractivity contribution in [1.82, 2.24) is 14.8 Å². The van der Waals surface area contributed by atoms with E-state index in [-0.39, 0.29) is 5.82 Å². The van der Waals surface area contributed by atoms with Crippen molar-refractivity contribution >= 4 is 17.7 Å². The smallest absolute Gasteiger partial charge is 0.377 e. The molecule has 0 fully saturated rings. The minimum Gasteiger partial charge on any atom is -0.463 e. The summed E-state index contributed by atoms with van der Waals surface area (Å²) in [6, 6.07) is 0. The van der Waals surface area contributed by atoms with Crippen LogP contribution in [0, 0.1) is 0 Å². The Bertz CT molecular complexity index is 301. The number of hydrogen-bond donors (Lipinski definition) is 0. The Kier molecular flexibility index (Phi) is 4.45. The lowest BCUT2D eigenvalue weighted by Gasteiger charge is -1.97. The van der Waals surface area contributed by atoms with E-state index in [1.54, 1.807) is 22.8 Å². The maximum atomic E-state index is 11.0. The number of hydrogen-bond acceptors (Lipinski definition) is 5. The molecular formula is C8H13N3O2S. The van der Waals surface area contributed by atoms with E-state index in [1.807, 2.05) is 0 Å². The van der Waals surface area contributed by atoms with Crippen LogP contribution in [0.5, 0.6) is 0 Å². The van der Waals surface area contributed by atoms with E-state index in [2.05, 4.69) is 21.1 Å². The van der Waals surface area contributed by atoms with Crippen LogP contribution < -0.4 is 0 Å². The zero-order valence-corrected chi connectivity index (χ0v) is 9.08. The van der Waals surface area contributed by atoms with Gasteiger partial charge in [0, 0.05) is 6.54 Å². The molecule has 0 saturated heterocycles. The van der Waals surface area contributed by atoms with Gasteiger partial charge < -0.3 is 4.74 Å². The molecule has 0 spiro atoms. The Morgan fingerprint density at radius 3 is 3.14 bits per heavy atom. The van der Waals surface area contributed by atoms with E-state index >= 15 is 0 Å². The first-order chi connectivity index (χ1) is 6.77. The molecule has 1 aromatic heterocycles. The number of esters is 1. The van der Waals surface area contributed by atoms with E-state index in [9.17, 15) is 4.79 Å². The van der Waals surface area contributed by atoms with Gasteiger partial charge in [0.1, 0.15) is 6.33 Å². The summed E-state index contributed by atoms with van der Waals surface area (Å²) in [5.74, 6) is 0.707. The minimum atomic E-state index is -0.492. The molecule has 5 nitrogen and oxygen atoms in total. The average Bonchev–Trinajstić information content (AvgIpc) is 2.66. The van der Waals surface area contributed by atoms with E-state index in [1.165, 1.54) is 7.11 Å². The van der Waals surface area contributed by atoms with E-state index in [4.69, 9.17) is 0 Å². The van der Waals surface area contributed by atoms with Crippen LogP contribution in [0.3, 0.4) is 0 Å². The Labute approximate surface area is 86.8 Å². The molecule has 0 saturated carbocycles. The van der Waals surface area contributed by atoms with Gasteiger partial charge in [-0.25, -0.2) is 9.78 Å². The molecule has 1 aromatic rings. The lowest BCUT2D eigenvalue weighted by atomic mass is 10.5. The van der Waals surface area contributed by atoms with Crippen molar-refractivity contribution in [3.8, 4) is 0 Å². The molecule has 1 rings (SSSR count). The van der Waals surface area contributed by atoms with Gasteiger partial charge in [0.25, 0.3) is 5.82 Å². The standard InChI is InChI=1S/C8H13N3O2S/c1-13-8(12)7-9-6-11(10-7)4-3-5-14-2/h6H,3-5H2,1-2H3. The molecular weight excluding hydrogens is 202 g/mol. The van der Waals surface area contributed by atoms with Crippen LogP contribution in [0.15, 0.2) is 6.33 Å². The molecule has 6 heteroatoms. The van der Waals surface area contributed by atoms with Gasteiger partial charge in [0.05, 0.1) is 7.11 Å². The summed E-state index contributed by atoms with van der Waals surface area (Å²) < 4.78 is 6.15. The molecule has 0 aliphatic carbocycles. The number of methoxy groups -OCH3 is 1. The second-order valence-electron chi connectivity index (χ2n) is 2.67. The summed E-state index contributed by atoms with van der Waals surface area (Å²) in [7, 11) is 1.32. The van der Waals surface area contributed by atoms with E-state index in [0.717, 1.165) is 18.7 Å². The van der Waals surface area contributed by atoms with E-state index < -0.39 is 5.97 Å². The monoisotopic (exact) mass is 215 g/mol. The van der Waals surface area contributed by atoms with Gasteiger partial charge in [-0.1, -0.05) is 0 Å². The van der Waals surface area contributed by atoms with Crippen LogP contribution in [0.2, 0.25) is 0 Å². The molecule has 0 radical (unpaired) electrons. The third-order valence-electron chi connectivity index (χ3n) is 1.64. The van der Waals surface area contributed by atoms with Gasteiger partial charge in [-0.15, -0.1) is 5.10 Å². The summed E-state index contributed by atoms with van der Waals surface area (Å²) in [5.41, 5.74) is 0. The molecule has 0 aliphatic heterocycles. The predicted octanol–water partition coefficient (Wildman–Crippen LogP) is 0.818. The second kappa shape index (κ2) is 5.64. The zero-order valence-electron chi connectivity index (χ0n) is 8.27. The number of rotatable bonds is 5. The first kappa shape index (κ1) is 11.0. The van der Waals surface area contributed by atoms with Gasteiger partial charge >= 0.3 is 5.97 Å². The van der Waals surface area contributed by atoms with Gasteiger partial charge in [-0.05, 0) is 18.4 Å². The highest BCUT2D eigenvalue weighted by molar-refractivity contribution is 7.98. The number of nitrogens with zero attached hydrogens (tertiary/aromatic N) is 3. The van der Waals surface area contributed by atoms with Gasteiger partial charge in [0.15, 0.2) is 0 Å². The molecule has 0 amide bonds. The fourth-order valence-corrected chi connectivity index (χ4v) is 1.38. The molecule has 0 aliphatic rings. The van der Waals surface area contributed by atoms with Gasteiger partial charge in [-0.3, -0.25) is 4.68 Å². The molecule has 0 N–H and O–H groups in total. The van der Waals surface area contributed by atoms with Crippen molar-refractivity contribution in [2.24, 2.45) is 0 Å². The van der Waals surface area contributed by atoms with Crippen LogP contribution in [0.4, 0.5) is 0 Å². The van der Waals surface area contributed by atoms with Crippen molar-refractivity contribution in [1.29, 1.82) is 0 Å². The summed E-state index contributed by atoms with van der Waals surface area (Å²) in [5, 5.41) is 3.97. The number of aryl methyl sites for hydroxylation is 1. The third-order valence-corrected chi connectivity index (χ3v) is 2.34. The first-order valence-corrected chi connectivity index (χ1v) is 5.64. The quantitative estimate of drug-likeness (QED) is 0.537. The van der Waals surface area contributed by atoms with Crippen molar-refractivity contribution in [3.63, 3.8) is 0 Å². The summed E-state index contributed by atoms with van der Waals surface area (Å²) in [6.45, 7) is 0.783. The summed E-state index contributed by atoms with van der Waals surface area (Å²) in [4.78, 5) is 14.8. The van der Waals surface area contributed by atoms with Crippen LogP contribution in [0.1, 0.15) is 17.0 Å². The molecule has 14 heavy (non-hydrogen) atoms. The normalized spacial score (nSPS) is 10.1. The largest absolute Gasteiger partial charge is 0.463 e. The number of aromatic nitrogens is 3. The van der Waals surface area contributed by atoms with Crippen molar-refractivity contribution < 1.29 is 9.53 Å². The van der Waals surface area contributed by atoms with Gasteiger partial charge in [0.2, 0.25) is 0 Å². The Morgan fingerprint density at radius 1 is 1.71 bits per heavy atom. The Hall–Kier alpha value is -1.04. The fourth-order valence-electron chi connectivity index (χ4n) is 0.958. The van der Waals surface area contributed by atoms with Crippen LogP contribution in [-0.2, 0) is 11.3 Å². The van der Waals surface area contributed by atoms with Crippen molar-refractivity contribution in [2.45, 2.75) is 13.0 Å². The van der Waals surface area contributed by atoms with Crippen molar-refractivity contribution in [2.75, 3.05) is 19.1 Å². The summed E-state index contributed by atoms with van der Waals surface area (Å²) >= 11 is 1.79. The Balaban J connectivity index is 2.46. The van der Waals surface area contributed by atoms with Crippen molar-refractivity contribution in [3.05, 3.63) is 12.2 Å². The lowest BCUT2D eigenvalue weighted by Crippen LogP contribution is -2.06. The highest BCUT2D eigenvalue weighted by atomic mass is 32.2. The molecule has 78 valence electrons. The molecule has 0 atom stereocenters. The van der Waals surface area contributed by atoms with Crippen LogP contribution in [-0.4, -0.2) is 39.9 Å². The highest BCUT2D eigenvalue weighted by Crippen LogP contribution is 1.99. The molecule has 0 bridgehead atoms. The van der Waals surface area contributed by atoms with Crippen LogP contribution >= 0.6 is 11.8 Å². The minimum absolute atomic E-state index is 0.122. The SMILES string of the molecule is COC(=O)c1ncn(CCCSC)n1. The Morgan fingerprint density at radius 2 is 2.50 bits per heavy atom. The summed E-state index contributed by atoms with van der Waals surface area (Å²) in [6.07, 6.45) is 4.62. The first-order valence-electron chi connectivity index (χ1n) is 4.24. The maximum absolute atomic E-state index is 11.0. The topological polar surface area (TPSA) is 57.0 Å². The lowest BCUT2D eigenvalue weighted by molar-refractivity contribution is 0.0586. The average molecular weight is 215 g/mol. The van der Waals surface area contributed by atoms with E-state index in [0.29, 0.717) is 0 Å². The number of thioether (sulfide) groups is 1. The number of carbonyl (C=O) groups is 1. The zero-order chi connectivity index (χ0) is 10.4. The molecule has 0 unspecified atom stereocenters. The number of ether oxygens (including phenoxy) is 1. The fraction of sp³-hybridized carbons (Fsp3) is 0.625. The second-order valence-corrected chi connectivity index (χ2v) is 3.65. The van der Waals surface area contributed by atoms with Crippen LogP contribution in [0.25, 0.3) is 0 Å². The predicted molar refractivity (Wildman–Crippen MR) is 54.4 cm³/mol. The molecule has 0 aromatic carbocycles. The third kappa shape index (κ3) is 3.02. The molecule has 1 heterocycles. The number of carbonyl (C=O) groups excluding carboxylic acids is 1. The van der Waals surface area contributed by atoms with Gasteiger partial charge in [-0.2, -0.15) is 11.8 Å². The maximum Gasteiger partial charge on any atom is 0.377 e. The highest BCUT2D eigenvalue weighted by Gasteiger charge is 2.10.